The third-order valence-corrected chi connectivity index (χ3v) is 5.25. The molecule has 11 heteroatoms. The van der Waals surface area contributed by atoms with Crippen LogP contribution in [0.1, 0.15) is 5.56 Å². The summed E-state index contributed by atoms with van der Waals surface area (Å²) in [7, 11) is -0.473. The molecule has 0 unspecified atom stereocenters. The molecular weight excluding hydrogens is 377 g/mol. The Kier molecular flexibility index (Phi) is 4.79. The smallest absolute Gasteiger partial charge is 0.326 e. The lowest BCUT2D eigenvalue weighted by Crippen LogP contribution is -2.30. The number of halogens is 1. The number of nitrogens with zero attached hydrogens (tertiary/aromatic N) is 3. The van der Waals surface area contributed by atoms with Crippen molar-refractivity contribution in [3.63, 3.8) is 0 Å². The number of phenolic OH excluding ortho intramolecular Hbond substituents is 1. The Bertz CT molecular complexity index is 956. The van der Waals surface area contributed by atoms with Gasteiger partial charge in [-0.05, 0) is 29.8 Å². The normalized spacial score (nSPS) is 15.5. The highest BCUT2D eigenvalue weighted by Gasteiger charge is 2.37. The molecule has 2 heterocycles. The van der Waals surface area contributed by atoms with Crippen LogP contribution in [0, 0.1) is 5.82 Å². The Morgan fingerprint density at radius 1 is 1.37 bits per heavy atom. The van der Waals surface area contributed by atoms with E-state index in [1.165, 1.54) is 6.07 Å². The molecule has 0 atom stereocenters. The largest absolute Gasteiger partial charge is 0.506 e. The molecule has 1 aromatic carbocycles. The number of benzene rings is 1. The van der Waals surface area contributed by atoms with Crippen LogP contribution in [-0.2, 0) is 21.5 Å². The number of hydrogen-bond acceptors (Lipinski definition) is 7. The van der Waals surface area contributed by atoms with Crippen LogP contribution in [0.25, 0.3) is 0 Å². The molecule has 0 spiro atoms. The number of hydrogen-bond donors (Lipinski definition) is 3. The lowest BCUT2D eigenvalue weighted by atomic mass is 10.1. The summed E-state index contributed by atoms with van der Waals surface area (Å²) in [5.74, 6) is -1.54. The van der Waals surface area contributed by atoms with Gasteiger partial charge in [-0.3, -0.25) is 4.79 Å². The van der Waals surface area contributed by atoms with Crippen molar-refractivity contribution >= 4 is 33.3 Å². The van der Waals surface area contributed by atoms with E-state index in [-0.39, 0.29) is 6.54 Å². The number of carbonyl (C=O) groups is 1. The van der Waals surface area contributed by atoms with Crippen LogP contribution in [0.15, 0.2) is 30.5 Å². The fourth-order valence-electron chi connectivity index (χ4n) is 2.59. The molecular formula is C16H18FN5O4S. The van der Waals surface area contributed by atoms with E-state index in [0.29, 0.717) is 15.6 Å². The lowest BCUT2D eigenvalue weighted by molar-refractivity contribution is -0.117. The minimum absolute atomic E-state index is 0.178. The lowest BCUT2D eigenvalue weighted by Gasteiger charge is -2.18. The van der Waals surface area contributed by atoms with Crippen molar-refractivity contribution in [1.29, 1.82) is 0 Å². The van der Waals surface area contributed by atoms with Gasteiger partial charge in [0.2, 0.25) is 0 Å². The van der Waals surface area contributed by atoms with Crippen molar-refractivity contribution in [2.75, 3.05) is 35.2 Å². The highest BCUT2D eigenvalue weighted by Crippen LogP contribution is 2.34. The van der Waals surface area contributed by atoms with Gasteiger partial charge in [-0.25, -0.2) is 18.4 Å². The number of aromatic hydroxyl groups is 1. The van der Waals surface area contributed by atoms with Gasteiger partial charge < -0.3 is 15.3 Å². The maximum absolute atomic E-state index is 14.4. The molecule has 1 aliphatic rings. The zero-order valence-electron chi connectivity index (χ0n) is 14.6. The van der Waals surface area contributed by atoms with Gasteiger partial charge in [-0.1, -0.05) is 0 Å². The highest BCUT2D eigenvalue weighted by molar-refractivity contribution is 7.92. The summed E-state index contributed by atoms with van der Waals surface area (Å²) in [6, 6.07) is 5.96. The molecule has 0 saturated carbocycles. The standard InChI is InChI=1S/C16H18FN5O4S/c1-21(2)14-4-3-11(8-19-14)18-7-10-5-12(17)16(13(23)6-10)22-9-15(24)20-27(22,25)26/h3-6,8,18,23H,7,9H2,1-2H3,(H,20,24). The predicted molar refractivity (Wildman–Crippen MR) is 98.4 cm³/mol. The first kappa shape index (κ1) is 18.7. The molecule has 2 aromatic rings. The van der Waals surface area contributed by atoms with Crippen LogP contribution >= 0.6 is 0 Å². The molecule has 3 N–H and O–H groups in total. The average molecular weight is 395 g/mol. The maximum atomic E-state index is 14.4. The van der Waals surface area contributed by atoms with Crippen LogP contribution in [-0.4, -0.2) is 45.1 Å². The zero-order chi connectivity index (χ0) is 19.8. The summed E-state index contributed by atoms with van der Waals surface area (Å²) < 4.78 is 40.4. The van der Waals surface area contributed by atoms with Crippen LogP contribution in [0.5, 0.6) is 5.75 Å². The molecule has 1 saturated heterocycles. The number of nitrogens with one attached hydrogen (secondary N) is 2. The van der Waals surface area contributed by atoms with Gasteiger partial charge in [0.05, 0.1) is 11.9 Å². The first-order valence-electron chi connectivity index (χ1n) is 7.89. The molecule has 0 radical (unpaired) electrons. The van der Waals surface area contributed by atoms with E-state index in [4.69, 9.17) is 0 Å². The highest BCUT2D eigenvalue weighted by atomic mass is 32.2. The molecule has 0 aliphatic carbocycles. The molecule has 1 amide bonds. The van der Waals surface area contributed by atoms with Crippen molar-refractivity contribution in [2.24, 2.45) is 0 Å². The summed E-state index contributed by atoms with van der Waals surface area (Å²) in [6.07, 6.45) is 1.62. The predicted octanol–water partition coefficient (Wildman–Crippen LogP) is 0.785. The van der Waals surface area contributed by atoms with Gasteiger partial charge in [0.1, 0.15) is 23.8 Å². The van der Waals surface area contributed by atoms with Gasteiger partial charge in [0, 0.05) is 20.6 Å². The monoisotopic (exact) mass is 395 g/mol. The van der Waals surface area contributed by atoms with Crippen molar-refractivity contribution in [2.45, 2.75) is 6.54 Å². The van der Waals surface area contributed by atoms with Crippen molar-refractivity contribution < 1.29 is 22.7 Å². The first-order chi connectivity index (χ1) is 12.7. The fourth-order valence-corrected chi connectivity index (χ4v) is 3.76. The second-order valence-electron chi connectivity index (χ2n) is 6.14. The molecule has 27 heavy (non-hydrogen) atoms. The third kappa shape index (κ3) is 3.87. The number of anilines is 3. The van der Waals surface area contributed by atoms with Crippen molar-refractivity contribution in [1.82, 2.24) is 9.71 Å². The van der Waals surface area contributed by atoms with Gasteiger partial charge in [-0.2, -0.15) is 8.42 Å². The van der Waals surface area contributed by atoms with E-state index in [0.717, 1.165) is 11.9 Å². The molecule has 144 valence electrons. The summed E-state index contributed by atoms with van der Waals surface area (Å²) >= 11 is 0. The molecule has 9 nitrogen and oxygen atoms in total. The number of amides is 1. The number of rotatable bonds is 5. The summed E-state index contributed by atoms with van der Waals surface area (Å²) in [5, 5.41) is 13.2. The summed E-state index contributed by atoms with van der Waals surface area (Å²) in [5.41, 5.74) is 0.525. The quantitative estimate of drug-likeness (QED) is 0.685. The number of phenols is 1. The molecule has 3 rings (SSSR count). The SMILES string of the molecule is CN(C)c1ccc(NCc2cc(O)c(N3CC(=O)NS3(=O)=O)c(F)c2)cn1. The fraction of sp³-hybridized carbons (Fsp3) is 0.250. The van der Waals surface area contributed by atoms with E-state index in [9.17, 15) is 22.7 Å². The summed E-state index contributed by atoms with van der Waals surface area (Å²) in [4.78, 5) is 17.4. The van der Waals surface area contributed by atoms with Crippen LogP contribution in [0.3, 0.4) is 0 Å². The minimum Gasteiger partial charge on any atom is -0.506 e. The van der Waals surface area contributed by atoms with Gasteiger partial charge in [0.15, 0.2) is 5.82 Å². The van der Waals surface area contributed by atoms with E-state index >= 15 is 0 Å². The number of carbonyl (C=O) groups excluding carboxylic acids is 1. The Morgan fingerprint density at radius 3 is 2.63 bits per heavy atom. The Hall–Kier alpha value is -3.08. The van der Waals surface area contributed by atoms with E-state index < -0.39 is 39.9 Å². The Labute approximate surface area is 155 Å². The van der Waals surface area contributed by atoms with Gasteiger partial charge in [-0.15, -0.1) is 0 Å². The topological polar surface area (TPSA) is 115 Å². The average Bonchev–Trinajstić information content (AvgIpc) is 2.85. The Balaban J connectivity index is 1.78. The van der Waals surface area contributed by atoms with Gasteiger partial charge in [0.25, 0.3) is 5.91 Å². The van der Waals surface area contributed by atoms with Crippen molar-refractivity contribution in [3.8, 4) is 5.75 Å². The van der Waals surface area contributed by atoms with E-state index in [1.54, 1.807) is 17.0 Å². The Morgan fingerprint density at radius 2 is 2.11 bits per heavy atom. The maximum Gasteiger partial charge on any atom is 0.326 e. The second-order valence-corrected chi connectivity index (χ2v) is 7.73. The van der Waals surface area contributed by atoms with Gasteiger partial charge >= 0.3 is 10.2 Å². The second kappa shape index (κ2) is 6.91. The molecule has 1 fully saturated rings. The zero-order valence-corrected chi connectivity index (χ0v) is 15.4. The molecule has 1 aromatic heterocycles. The molecule has 1 aliphatic heterocycles. The van der Waals surface area contributed by atoms with Crippen LogP contribution < -0.4 is 19.2 Å². The molecule has 0 bridgehead atoms. The number of pyridine rings is 1. The van der Waals surface area contributed by atoms with E-state index in [2.05, 4.69) is 10.3 Å². The summed E-state index contributed by atoms with van der Waals surface area (Å²) in [6.45, 7) is -0.411. The van der Waals surface area contributed by atoms with Crippen LogP contribution in [0.4, 0.5) is 21.6 Å². The first-order valence-corrected chi connectivity index (χ1v) is 9.33. The minimum atomic E-state index is -4.21. The third-order valence-electron chi connectivity index (χ3n) is 3.88. The van der Waals surface area contributed by atoms with Crippen molar-refractivity contribution in [3.05, 3.63) is 41.8 Å². The van der Waals surface area contributed by atoms with Crippen LogP contribution in [0.2, 0.25) is 0 Å². The van der Waals surface area contributed by atoms with E-state index in [1.807, 2.05) is 25.1 Å². The number of aromatic nitrogens is 1.